The number of hydrogen-bond donors (Lipinski definition) is 1. The minimum absolute atomic E-state index is 0.191. The molecule has 0 radical (unpaired) electrons. The zero-order valence-corrected chi connectivity index (χ0v) is 10.1. The molecular weight excluding hydrogens is 278 g/mol. The van der Waals surface area contributed by atoms with Crippen LogP contribution in [0.3, 0.4) is 0 Å². The van der Waals surface area contributed by atoms with E-state index in [9.17, 15) is 13.6 Å². The van der Waals surface area contributed by atoms with Gasteiger partial charge in [-0.15, -0.1) is 0 Å². The van der Waals surface area contributed by atoms with E-state index >= 15 is 0 Å². The molecule has 1 N–H and O–H groups in total. The van der Waals surface area contributed by atoms with Crippen LogP contribution >= 0.6 is 11.6 Å². The first-order chi connectivity index (χ1) is 8.99. The highest BCUT2D eigenvalue weighted by atomic mass is 35.5. The Morgan fingerprint density at radius 2 is 1.79 bits per heavy atom. The summed E-state index contributed by atoms with van der Waals surface area (Å²) >= 11 is 5.71. The molecule has 0 spiro atoms. The Kier molecular flexibility index (Phi) is 3.66. The van der Waals surface area contributed by atoms with Gasteiger partial charge in [0.2, 0.25) is 0 Å². The standard InChI is InChI=1S/C13H7ClF2O3/c14-7-4-5-8(13(17)18)11(6-7)19-12-9(15)2-1-3-10(12)16/h1-6H,(H,17,18). The highest BCUT2D eigenvalue weighted by Gasteiger charge is 2.17. The molecule has 0 amide bonds. The normalized spacial score (nSPS) is 10.3. The second-order valence-corrected chi connectivity index (χ2v) is 4.03. The van der Waals surface area contributed by atoms with Crippen molar-refractivity contribution >= 4 is 17.6 Å². The van der Waals surface area contributed by atoms with Crippen LogP contribution < -0.4 is 4.74 Å². The van der Waals surface area contributed by atoms with Crippen molar-refractivity contribution in [1.82, 2.24) is 0 Å². The number of carboxylic acid groups (broad SMARTS) is 1. The average molecular weight is 285 g/mol. The van der Waals surface area contributed by atoms with E-state index in [0.29, 0.717) is 0 Å². The Bertz CT molecular complexity index is 624. The Labute approximate surface area is 112 Å². The Morgan fingerprint density at radius 1 is 1.16 bits per heavy atom. The van der Waals surface area contributed by atoms with E-state index in [2.05, 4.69) is 0 Å². The van der Waals surface area contributed by atoms with Crippen LogP contribution in [0.1, 0.15) is 10.4 Å². The van der Waals surface area contributed by atoms with Crippen molar-refractivity contribution in [2.75, 3.05) is 0 Å². The summed E-state index contributed by atoms with van der Waals surface area (Å²) in [6.45, 7) is 0. The molecule has 0 aromatic heterocycles. The van der Waals surface area contributed by atoms with Crippen LogP contribution in [-0.4, -0.2) is 11.1 Å². The molecule has 0 saturated carbocycles. The van der Waals surface area contributed by atoms with Gasteiger partial charge in [-0.2, -0.15) is 0 Å². The lowest BCUT2D eigenvalue weighted by Gasteiger charge is -2.10. The number of halogens is 3. The van der Waals surface area contributed by atoms with E-state index < -0.39 is 23.4 Å². The number of rotatable bonds is 3. The SMILES string of the molecule is O=C(O)c1ccc(Cl)cc1Oc1c(F)cccc1F. The van der Waals surface area contributed by atoms with Gasteiger partial charge in [-0.25, -0.2) is 13.6 Å². The third kappa shape index (κ3) is 2.82. The molecule has 98 valence electrons. The molecule has 0 aliphatic carbocycles. The minimum atomic E-state index is -1.29. The van der Waals surface area contributed by atoms with Crippen LogP contribution in [0, 0.1) is 11.6 Å². The van der Waals surface area contributed by atoms with Gasteiger partial charge < -0.3 is 9.84 Å². The quantitative estimate of drug-likeness (QED) is 0.922. The van der Waals surface area contributed by atoms with Crippen molar-refractivity contribution in [2.45, 2.75) is 0 Å². The fourth-order valence-electron chi connectivity index (χ4n) is 1.45. The van der Waals surface area contributed by atoms with Crippen molar-refractivity contribution in [1.29, 1.82) is 0 Å². The highest BCUT2D eigenvalue weighted by Crippen LogP contribution is 2.31. The zero-order valence-electron chi connectivity index (χ0n) is 9.36. The minimum Gasteiger partial charge on any atom is -0.478 e. The van der Waals surface area contributed by atoms with Crippen LogP contribution in [0.25, 0.3) is 0 Å². The van der Waals surface area contributed by atoms with Gasteiger partial charge in [0.25, 0.3) is 0 Å². The fourth-order valence-corrected chi connectivity index (χ4v) is 1.61. The predicted molar refractivity (Wildman–Crippen MR) is 64.8 cm³/mol. The van der Waals surface area contributed by atoms with Crippen molar-refractivity contribution in [3.8, 4) is 11.5 Å². The summed E-state index contributed by atoms with van der Waals surface area (Å²) in [7, 11) is 0. The smallest absolute Gasteiger partial charge is 0.339 e. The third-order valence-electron chi connectivity index (χ3n) is 2.31. The summed E-state index contributed by atoms with van der Waals surface area (Å²) in [6.07, 6.45) is 0. The number of benzene rings is 2. The molecule has 2 aromatic carbocycles. The molecule has 6 heteroatoms. The van der Waals surface area contributed by atoms with E-state index in [1.165, 1.54) is 24.3 Å². The van der Waals surface area contributed by atoms with Gasteiger partial charge >= 0.3 is 5.97 Å². The number of hydrogen-bond acceptors (Lipinski definition) is 2. The molecule has 0 fully saturated rings. The van der Waals surface area contributed by atoms with Gasteiger partial charge in [0.15, 0.2) is 17.4 Å². The Hall–Kier alpha value is -2.14. The first kappa shape index (κ1) is 13.3. The predicted octanol–water partition coefficient (Wildman–Crippen LogP) is 4.11. The number of ether oxygens (including phenoxy) is 1. The maximum atomic E-state index is 13.4. The molecular formula is C13H7ClF2O3. The van der Waals surface area contributed by atoms with E-state index in [1.807, 2.05) is 0 Å². The summed E-state index contributed by atoms with van der Waals surface area (Å²) in [5.41, 5.74) is -0.243. The van der Waals surface area contributed by atoms with Crippen LogP contribution in [0.5, 0.6) is 11.5 Å². The monoisotopic (exact) mass is 284 g/mol. The van der Waals surface area contributed by atoms with E-state index in [-0.39, 0.29) is 16.3 Å². The van der Waals surface area contributed by atoms with Crippen molar-refractivity contribution in [3.63, 3.8) is 0 Å². The molecule has 0 bridgehead atoms. The van der Waals surface area contributed by atoms with Crippen molar-refractivity contribution in [3.05, 3.63) is 58.6 Å². The van der Waals surface area contributed by atoms with Gasteiger partial charge in [-0.3, -0.25) is 0 Å². The van der Waals surface area contributed by atoms with Crippen LogP contribution in [0.2, 0.25) is 5.02 Å². The summed E-state index contributed by atoms with van der Waals surface area (Å²) in [5.74, 6) is -4.06. The maximum Gasteiger partial charge on any atom is 0.339 e. The first-order valence-corrected chi connectivity index (χ1v) is 5.51. The Morgan fingerprint density at radius 3 is 2.37 bits per heavy atom. The number of para-hydroxylation sites is 1. The van der Waals surface area contributed by atoms with Gasteiger partial charge in [0.1, 0.15) is 11.3 Å². The third-order valence-corrected chi connectivity index (χ3v) is 2.54. The van der Waals surface area contributed by atoms with Gasteiger partial charge in [0.05, 0.1) is 0 Å². The first-order valence-electron chi connectivity index (χ1n) is 5.13. The molecule has 2 rings (SSSR count). The molecule has 2 aromatic rings. The van der Waals surface area contributed by atoms with Crippen molar-refractivity contribution in [2.24, 2.45) is 0 Å². The second kappa shape index (κ2) is 5.24. The largest absolute Gasteiger partial charge is 0.478 e. The van der Waals surface area contributed by atoms with Gasteiger partial charge in [-0.05, 0) is 24.3 Å². The number of carbonyl (C=O) groups is 1. The molecule has 0 aliphatic rings. The Balaban J connectivity index is 2.49. The van der Waals surface area contributed by atoms with Gasteiger partial charge in [-0.1, -0.05) is 17.7 Å². The van der Waals surface area contributed by atoms with E-state index in [0.717, 1.165) is 12.1 Å². The molecule has 19 heavy (non-hydrogen) atoms. The van der Waals surface area contributed by atoms with Crippen LogP contribution in [0.4, 0.5) is 8.78 Å². The molecule has 3 nitrogen and oxygen atoms in total. The lowest BCUT2D eigenvalue weighted by Crippen LogP contribution is -2.01. The zero-order chi connectivity index (χ0) is 14.0. The molecule has 0 aliphatic heterocycles. The van der Waals surface area contributed by atoms with E-state index in [1.54, 1.807) is 0 Å². The topological polar surface area (TPSA) is 46.5 Å². The lowest BCUT2D eigenvalue weighted by molar-refractivity contribution is 0.0694. The van der Waals surface area contributed by atoms with Gasteiger partial charge in [0, 0.05) is 11.1 Å². The average Bonchev–Trinajstić information content (AvgIpc) is 2.33. The van der Waals surface area contributed by atoms with E-state index in [4.69, 9.17) is 21.4 Å². The molecule has 0 saturated heterocycles. The van der Waals surface area contributed by atoms with Crippen LogP contribution in [-0.2, 0) is 0 Å². The molecule has 0 heterocycles. The molecule has 0 unspecified atom stereocenters. The maximum absolute atomic E-state index is 13.4. The summed E-state index contributed by atoms with van der Waals surface area (Å²) in [5, 5.41) is 9.15. The fraction of sp³-hybridized carbons (Fsp3) is 0. The lowest BCUT2D eigenvalue weighted by atomic mass is 10.2. The summed E-state index contributed by atoms with van der Waals surface area (Å²) in [4.78, 5) is 11.0. The number of aromatic carboxylic acids is 1. The van der Waals surface area contributed by atoms with Crippen molar-refractivity contribution < 1.29 is 23.4 Å². The summed E-state index contributed by atoms with van der Waals surface area (Å²) < 4.78 is 31.8. The second-order valence-electron chi connectivity index (χ2n) is 3.60. The van der Waals surface area contributed by atoms with Crippen LogP contribution in [0.15, 0.2) is 36.4 Å². The summed E-state index contributed by atoms with van der Waals surface area (Å²) in [6, 6.07) is 6.89. The highest BCUT2D eigenvalue weighted by molar-refractivity contribution is 6.30. The molecule has 0 atom stereocenters. The number of carboxylic acids is 1.